The minimum atomic E-state index is -0.176. The molecule has 2 N–H and O–H groups in total. The summed E-state index contributed by atoms with van der Waals surface area (Å²) in [4.78, 5) is 14.9. The van der Waals surface area contributed by atoms with Gasteiger partial charge in [-0.1, -0.05) is 24.5 Å². The number of piperidine rings is 1. The van der Waals surface area contributed by atoms with Crippen molar-refractivity contribution in [2.75, 3.05) is 19.6 Å². The van der Waals surface area contributed by atoms with E-state index >= 15 is 0 Å². The fraction of sp³-hybridized carbons (Fsp3) is 0.650. The van der Waals surface area contributed by atoms with Crippen molar-refractivity contribution in [1.82, 2.24) is 10.2 Å². The van der Waals surface area contributed by atoms with E-state index in [0.29, 0.717) is 12.1 Å². The lowest BCUT2D eigenvalue weighted by Gasteiger charge is -2.44. The van der Waals surface area contributed by atoms with E-state index in [-0.39, 0.29) is 11.7 Å². The van der Waals surface area contributed by atoms with Gasteiger partial charge in [0.15, 0.2) is 0 Å². The summed E-state index contributed by atoms with van der Waals surface area (Å²) in [5.41, 5.74) is 1.36. The molecule has 24 heavy (non-hydrogen) atoms. The molecule has 132 valence electrons. The average Bonchev–Trinajstić information content (AvgIpc) is 2.60. The van der Waals surface area contributed by atoms with Crippen molar-refractivity contribution in [2.24, 2.45) is 5.92 Å². The maximum atomic E-state index is 12.2. The van der Waals surface area contributed by atoms with Gasteiger partial charge in [0, 0.05) is 19.1 Å². The molecule has 1 saturated heterocycles. The van der Waals surface area contributed by atoms with Crippen LogP contribution < -0.4 is 5.32 Å². The fourth-order valence-electron chi connectivity index (χ4n) is 4.42. The zero-order chi connectivity index (χ0) is 16.9. The number of aromatic hydroxyl groups is 1. The Hall–Kier alpha value is -1.55. The lowest BCUT2D eigenvalue weighted by molar-refractivity contribution is 0.0599. The summed E-state index contributed by atoms with van der Waals surface area (Å²) in [6, 6.07) is 5.91. The number of nitrogens with zero attached hydrogens (tertiary/aromatic N) is 1. The predicted molar refractivity (Wildman–Crippen MR) is 96.3 cm³/mol. The number of hydrogen-bond acceptors (Lipinski definition) is 3. The summed E-state index contributed by atoms with van der Waals surface area (Å²) in [6.45, 7) is 4.88. The first-order valence-electron chi connectivity index (χ1n) is 9.47. The summed E-state index contributed by atoms with van der Waals surface area (Å²) < 4.78 is 0. The van der Waals surface area contributed by atoms with Crippen LogP contribution in [-0.4, -0.2) is 41.6 Å². The summed E-state index contributed by atoms with van der Waals surface area (Å²) in [5, 5.41) is 12.8. The molecule has 2 aliphatic rings. The molecular weight excluding hydrogens is 300 g/mol. The Morgan fingerprint density at radius 1 is 1.25 bits per heavy atom. The van der Waals surface area contributed by atoms with E-state index < -0.39 is 0 Å². The minimum Gasteiger partial charge on any atom is -0.507 e. The van der Waals surface area contributed by atoms with E-state index in [1.807, 2.05) is 13.0 Å². The topological polar surface area (TPSA) is 52.6 Å². The van der Waals surface area contributed by atoms with Crippen molar-refractivity contribution in [3.8, 4) is 5.75 Å². The van der Waals surface area contributed by atoms with Crippen LogP contribution in [0.4, 0.5) is 0 Å². The Morgan fingerprint density at radius 2 is 2.04 bits per heavy atom. The van der Waals surface area contributed by atoms with Crippen LogP contribution in [0.15, 0.2) is 18.2 Å². The van der Waals surface area contributed by atoms with Crippen molar-refractivity contribution < 1.29 is 9.90 Å². The average molecular weight is 330 g/mol. The first-order valence-corrected chi connectivity index (χ1v) is 9.47. The molecule has 4 nitrogen and oxygen atoms in total. The molecule has 0 unspecified atom stereocenters. The number of rotatable bonds is 5. The van der Waals surface area contributed by atoms with E-state index in [2.05, 4.69) is 10.2 Å². The molecule has 0 spiro atoms. The number of amides is 1. The minimum absolute atomic E-state index is 0.0548. The molecule has 1 aliphatic heterocycles. The molecule has 1 aromatic carbocycles. The lowest BCUT2D eigenvalue weighted by Crippen LogP contribution is -2.47. The molecule has 1 heterocycles. The number of nitrogens with one attached hydrogen (secondary N) is 1. The van der Waals surface area contributed by atoms with Gasteiger partial charge in [-0.05, 0) is 63.6 Å². The quantitative estimate of drug-likeness (QED) is 0.813. The zero-order valence-electron chi connectivity index (χ0n) is 14.8. The van der Waals surface area contributed by atoms with Gasteiger partial charge in [-0.3, -0.25) is 4.79 Å². The molecule has 4 heteroatoms. The molecule has 1 aliphatic carbocycles. The highest BCUT2D eigenvalue weighted by Crippen LogP contribution is 2.35. The number of hydrogen-bond donors (Lipinski definition) is 2. The Labute approximate surface area is 145 Å². The second-order valence-electron chi connectivity index (χ2n) is 7.42. The standard InChI is InChI=1S/C20H30N2O2/c1-15-9-10-19(23)17(14-15)20(24)21-11-5-13-22-12-4-7-16-6-2-3-8-18(16)22/h9-10,14,16,18,23H,2-8,11-13H2,1H3,(H,21,24)/t16-,18+/m0/s1. The van der Waals surface area contributed by atoms with Crippen LogP contribution in [-0.2, 0) is 0 Å². The normalized spacial score (nSPS) is 24.4. The van der Waals surface area contributed by atoms with Crippen LogP contribution in [0.2, 0.25) is 0 Å². The van der Waals surface area contributed by atoms with Gasteiger partial charge in [-0.25, -0.2) is 0 Å². The smallest absolute Gasteiger partial charge is 0.255 e. The third kappa shape index (κ3) is 4.10. The van der Waals surface area contributed by atoms with E-state index in [0.717, 1.165) is 30.5 Å². The summed E-state index contributed by atoms with van der Waals surface area (Å²) >= 11 is 0. The van der Waals surface area contributed by atoms with Crippen LogP contribution in [0.1, 0.15) is 60.9 Å². The highest BCUT2D eigenvalue weighted by atomic mass is 16.3. The molecule has 0 bridgehead atoms. The number of fused-ring (bicyclic) bond motifs is 1. The van der Waals surface area contributed by atoms with Crippen LogP contribution in [0.25, 0.3) is 0 Å². The van der Waals surface area contributed by atoms with Crippen LogP contribution in [0.3, 0.4) is 0 Å². The van der Waals surface area contributed by atoms with Gasteiger partial charge in [-0.2, -0.15) is 0 Å². The van der Waals surface area contributed by atoms with Gasteiger partial charge >= 0.3 is 0 Å². The molecule has 1 saturated carbocycles. The summed E-state index contributed by atoms with van der Waals surface area (Å²) in [5.74, 6) is 0.788. The van der Waals surface area contributed by atoms with Gasteiger partial charge in [-0.15, -0.1) is 0 Å². The summed E-state index contributed by atoms with van der Waals surface area (Å²) in [6.07, 6.45) is 9.25. The number of benzene rings is 1. The largest absolute Gasteiger partial charge is 0.507 e. The third-order valence-corrected chi connectivity index (χ3v) is 5.66. The van der Waals surface area contributed by atoms with Gasteiger partial charge in [0.2, 0.25) is 0 Å². The van der Waals surface area contributed by atoms with Crippen LogP contribution >= 0.6 is 0 Å². The number of phenols is 1. The van der Waals surface area contributed by atoms with E-state index in [4.69, 9.17) is 0 Å². The Balaban J connectivity index is 1.45. The van der Waals surface area contributed by atoms with E-state index in [1.54, 1.807) is 12.1 Å². The van der Waals surface area contributed by atoms with Gasteiger partial charge < -0.3 is 15.3 Å². The van der Waals surface area contributed by atoms with Gasteiger partial charge in [0.1, 0.15) is 5.75 Å². The van der Waals surface area contributed by atoms with E-state index in [9.17, 15) is 9.90 Å². The zero-order valence-corrected chi connectivity index (χ0v) is 14.8. The second kappa shape index (κ2) is 8.02. The Bertz CT molecular complexity index is 571. The van der Waals surface area contributed by atoms with Gasteiger partial charge in [0.05, 0.1) is 5.56 Å². The Kier molecular flexibility index (Phi) is 5.77. The monoisotopic (exact) mass is 330 g/mol. The second-order valence-corrected chi connectivity index (χ2v) is 7.42. The molecule has 1 aromatic rings. The van der Waals surface area contributed by atoms with Crippen LogP contribution in [0.5, 0.6) is 5.75 Å². The maximum Gasteiger partial charge on any atom is 0.255 e. The number of phenolic OH excluding ortho intramolecular Hbond substituents is 1. The predicted octanol–water partition coefficient (Wildman–Crippen LogP) is 3.48. The maximum absolute atomic E-state index is 12.2. The van der Waals surface area contributed by atoms with Gasteiger partial charge in [0.25, 0.3) is 5.91 Å². The molecule has 3 rings (SSSR count). The highest BCUT2D eigenvalue weighted by Gasteiger charge is 2.32. The van der Waals surface area contributed by atoms with E-state index in [1.165, 1.54) is 45.1 Å². The molecule has 2 fully saturated rings. The summed E-state index contributed by atoms with van der Waals surface area (Å²) in [7, 11) is 0. The first-order chi connectivity index (χ1) is 11.6. The number of carbonyl (C=O) groups is 1. The fourth-order valence-corrected chi connectivity index (χ4v) is 4.42. The van der Waals surface area contributed by atoms with Crippen molar-refractivity contribution >= 4 is 5.91 Å². The van der Waals surface area contributed by atoms with Crippen molar-refractivity contribution in [3.63, 3.8) is 0 Å². The Morgan fingerprint density at radius 3 is 2.92 bits per heavy atom. The van der Waals surface area contributed by atoms with Crippen LogP contribution in [0, 0.1) is 12.8 Å². The number of aryl methyl sites for hydroxylation is 1. The SMILES string of the molecule is Cc1ccc(O)c(C(=O)NCCCN2CCC[C@@H]3CCCC[C@H]32)c1. The molecule has 1 amide bonds. The molecule has 2 atom stereocenters. The number of likely N-dealkylation sites (tertiary alicyclic amines) is 1. The lowest BCUT2D eigenvalue weighted by atomic mass is 9.78. The molecule has 0 aromatic heterocycles. The van der Waals surface area contributed by atoms with Crippen molar-refractivity contribution in [2.45, 2.75) is 57.9 Å². The number of carbonyl (C=O) groups excluding carboxylic acids is 1. The molecular formula is C20H30N2O2. The highest BCUT2D eigenvalue weighted by molar-refractivity contribution is 5.96. The third-order valence-electron chi connectivity index (χ3n) is 5.66. The first kappa shape index (κ1) is 17.3. The van der Waals surface area contributed by atoms with Crippen molar-refractivity contribution in [1.29, 1.82) is 0 Å². The molecule has 0 radical (unpaired) electrons. The van der Waals surface area contributed by atoms with Crippen molar-refractivity contribution in [3.05, 3.63) is 29.3 Å².